The topological polar surface area (TPSA) is 95.9 Å². The summed E-state index contributed by atoms with van der Waals surface area (Å²) in [5.41, 5.74) is 0.418. The van der Waals surface area contributed by atoms with E-state index in [2.05, 4.69) is 11.9 Å². The Balaban J connectivity index is 1.50. The van der Waals surface area contributed by atoms with Crippen LogP contribution in [0.5, 0.6) is 0 Å². The third-order valence-corrected chi connectivity index (χ3v) is 8.75. The Labute approximate surface area is 217 Å². The Morgan fingerprint density at radius 1 is 1.17 bits per heavy atom. The second-order valence-corrected chi connectivity index (χ2v) is 12.6. The molecule has 0 aromatic heterocycles. The Kier molecular flexibility index (Phi) is 9.64. The molecular formula is C29H48N2O5. The fraction of sp³-hybridized carbons (Fsp3) is 0.828. The highest BCUT2D eigenvalue weighted by Crippen LogP contribution is 2.56. The van der Waals surface area contributed by atoms with Crippen LogP contribution in [-0.2, 0) is 14.3 Å². The normalized spacial score (nSPS) is 30.1. The SMILES string of the molecule is C=C(CCCCCC1CCC2CC12)CO[C@H]1CN(C(=O)[C@@H](NC(=O)O)C(C)(C)C)C(C(C)=O)[C@@H]1CC. The van der Waals surface area contributed by atoms with E-state index in [1.807, 2.05) is 27.7 Å². The molecule has 1 saturated heterocycles. The van der Waals surface area contributed by atoms with Gasteiger partial charge in [-0.3, -0.25) is 9.59 Å². The standard InChI is InChI=1S/C29H48N2O5/c1-7-22-24(36-17-18(2)11-9-8-10-12-20-13-14-21-15-23(20)21)16-31(25(22)19(3)32)27(33)26(29(4,5)6)30-28(34)35/h20-26,30H,2,7-17H2,1,3-6H3,(H,34,35)/t20?,21?,22-,23?,24+,25?,26-/m1/s1. The van der Waals surface area contributed by atoms with Crippen LogP contribution < -0.4 is 5.32 Å². The molecule has 3 rings (SSSR count). The van der Waals surface area contributed by atoms with Crippen molar-refractivity contribution in [2.45, 2.75) is 111 Å². The summed E-state index contributed by atoms with van der Waals surface area (Å²) in [5.74, 6) is 2.52. The van der Waals surface area contributed by atoms with E-state index in [0.717, 1.165) is 36.2 Å². The molecule has 1 aliphatic heterocycles. The first-order chi connectivity index (χ1) is 16.9. The molecular weight excluding hydrogens is 456 g/mol. The van der Waals surface area contributed by atoms with Crippen LogP contribution in [0.25, 0.3) is 0 Å². The summed E-state index contributed by atoms with van der Waals surface area (Å²) in [7, 11) is 0. The highest BCUT2D eigenvalue weighted by molar-refractivity contribution is 5.92. The first-order valence-corrected chi connectivity index (χ1v) is 14.0. The van der Waals surface area contributed by atoms with Crippen LogP contribution in [0, 0.1) is 29.1 Å². The molecule has 0 aromatic carbocycles. The maximum Gasteiger partial charge on any atom is 0.405 e. The maximum atomic E-state index is 13.5. The molecule has 0 bridgehead atoms. The number of nitrogens with zero attached hydrogens (tertiary/aromatic N) is 1. The van der Waals surface area contributed by atoms with Crippen molar-refractivity contribution in [1.82, 2.24) is 10.2 Å². The average molecular weight is 505 g/mol. The van der Waals surface area contributed by atoms with Gasteiger partial charge >= 0.3 is 6.09 Å². The summed E-state index contributed by atoms with van der Waals surface area (Å²) in [6, 6.07) is -1.55. The number of likely N-dealkylation sites (tertiary alicyclic amines) is 1. The lowest BCUT2D eigenvalue weighted by Gasteiger charge is -2.35. The molecule has 0 spiro atoms. The molecule has 36 heavy (non-hydrogen) atoms. The summed E-state index contributed by atoms with van der Waals surface area (Å²) in [6.45, 7) is 13.9. The first-order valence-electron chi connectivity index (χ1n) is 14.0. The van der Waals surface area contributed by atoms with Gasteiger partial charge in [-0.1, -0.05) is 59.1 Å². The van der Waals surface area contributed by atoms with Gasteiger partial charge in [-0.25, -0.2) is 4.79 Å². The number of unbranched alkanes of at least 4 members (excludes halogenated alkanes) is 2. The fourth-order valence-corrected chi connectivity index (χ4v) is 6.66. The number of ketones is 1. The number of ether oxygens (including phenoxy) is 1. The van der Waals surface area contributed by atoms with Crippen molar-refractivity contribution in [2.24, 2.45) is 29.1 Å². The summed E-state index contributed by atoms with van der Waals surface area (Å²) in [5, 5.41) is 11.7. The van der Waals surface area contributed by atoms with Gasteiger partial charge in [-0.2, -0.15) is 0 Å². The molecule has 7 atom stereocenters. The van der Waals surface area contributed by atoms with Crippen molar-refractivity contribution in [1.29, 1.82) is 0 Å². The van der Waals surface area contributed by atoms with Gasteiger partial charge in [0.05, 0.1) is 18.8 Å². The van der Waals surface area contributed by atoms with E-state index in [-0.39, 0.29) is 30.3 Å². The van der Waals surface area contributed by atoms with Gasteiger partial charge in [0.1, 0.15) is 6.04 Å². The Hall–Kier alpha value is -1.89. The Morgan fingerprint density at radius 3 is 2.42 bits per heavy atom. The summed E-state index contributed by atoms with van der Waals surface area (Å²) >= 11 is 0. The number of amides is 2. The van der Waals surface area contributed by atoms with Crippen molar-refractivity contribution in [3.8, 4) is 0 Å². The second-order valence-electron chi connectivity index (χ2n) is 12.6. The van der Waals surface area contributed by atoms with Crippen LogP contribution in [-0.4, -0.2) is 59.1 Å². The molecule has 204 valence electrons. The van der Waals surface area contributed by atoms with Crippen LogP contribution in [0.15, 0.2) is 12.2 Å². The highest BCUT2D eigenvalue weighted by Gasteiger charge is 2.49. The van der Waals surface area contributed by atoms with E-state index in [9.17, 15) is 19.5 Å². The molecule has 7 nitrogen and oxygen atoms in total. The molecule has 3 aliphatic rings. The molecule has 2 amide bonds. The van der Waals surface area contributed by atoms with E-state index in [4.69, 9.17) is 4.74 Å². The van der Waals surface area contributed by atoms with E-state index in [1.165, 1.54) is 45.4 Å². The number of fused-ring (bicyclic) bond motifs is 1. The van der Waals surface area contributed by atoms with E-state index < -0.39 is 23.6 Å². The molecule has 0 aromatic rings. The molecule has 2 saturated carbocycles. The van der Waals surface area contributed by atoms with Crippen LogP contribution in [0.1, 0.15) is 92.4 Å². The van der Waals surface area contributed by atoms with Gasteiger partial charge in [0, 0.05) is 12.5 Å². The summed E-state index contributed by atoms with van der Waals surface area (Å²) in [4.78, 5) is 39.0. The zero-order valence-corrected chi connectivity index (χ0v) is 23.1. The minimum absolute atomic E-state index is 0.0945. The van der Waals surface area contributed by atoms with Crippen molar-refractivity contribution in [3.63, 3.8) is 0 Å². The number of Topliss-reactive ketones (excluding diaryl/α,β-unsaturated/α-hetero) is 1. The van der Waals surface area contributed by atoms with Gasteiger partial charge in [0.25, 0.3) is 0 Å². The van der Waals surface area contributed by atoms with Gasteiger partial charge < -0.3 is 20.1 Å². The van der Waals surface area contributed by atoms with Crippen molar-refractivity contribution >= 4 is 17.8 Å². The van der Waals surface area contributed by atoms with Crippen LogP contribution in [0.2, 0.25) is 0 Å². The smallest absolute Gasteiger partial charge is 0.405 e. The number of carbonyl (C=O) groups is 3. The minimum atomic E-state index is -1.25. The third-order valence-electron chi connectivity index (χ3n) is 8.75. The zero-order valence-electron chi connectivity index (χ0n) is 23.1. The van der Waals surface area contributed by atoms with Crippen LogP contribution >= 0.6 is 0 Å². The van der Waals surface area contributed by atoms with Crippen molar-refractivity contribution in [2.75, 3.05) is 13.2 Å². The van der Waals surface area contributed by atoms with Gasteiger partial charge in [-0.05, 0) is 68.6 Å². The number of rotatable bonds is 13. The van der Waals surface area contributed by atoms with Crippen LogP contribution in [0.3, 0.4) is 0 Å². The lowest BCUT2D eigenvalue weighted by Crippen LogP contribution is -2.56. The van der Waals surface area contributed by atoms with Gasteiger partial charge in [0.2, 0.25) is 5.91 Å². The molecule has 1 heterocycles. The van der Waals surface area contributed by atoms with Gasteiger partial charge in [0.15, 0.2) is 5.78 Å². The molecule has 7 heteroatoms. The van der Waals surface area contributed by atoms with E-state index in [1.54, 1.807) is 4.90 Å². The first kappa shape index (κ1) is 28.7. The Morgan fingerprint density at radius 2 is 1.89 bits per heavy atom. The predicted molar refractivity (Wildman–Crippen MR) is 141 cm³/mol. The van der Waals surface area contributed by atoms with Crippen LogP contribution in [0.4, 0.5) is 4.79 Å². The molecule has 4 unspecified atom stereocenters. The number of carboxylic acid groups (broad SMARTS) is 1. The lowest BCUT2D eigenvalue weighted by atomic mass is 9.85. The monoisotopic (exact) mass is 504 g/mol. The summed E-state index contributed by atoms with van der Waals surface area (Å²) in [6.07, 6.45) is 9.54. The molecule has 2 N–H and O–H groups in total. The largest absolute Gasteiger partial charge is 0.465 e. The number of hydrogen-bond donors (Lipinski definition) is 2. The minimum Gasteiger partial charge on any atom is -0.465 e. The third kappa shape index (κ3) is 7.11. The Bertz CT molecular complexity index is 819. The predicted octanol–water partition coefficient (Wildman–Crippen LogP) is 5.43. The quantitative estimate of drug-likeness (QED) is 0.257. The average Bonchev–Trinajstić information content (AvgIpc) is 3.31. The van der Waals surface area contributed by atoms with E-state index >= 15 is 0 Å². The van der Waals surface area contributed by atoms with Gasteiger partial charge in [-0.15, -0.1) is 0 Å². The number of carbonyl (C=O) groups excluding carboxylic acids is 2. The molecule has 0 radical (unpaired) electrons. The summed E-state index contributed by atoms with van der Waals surface area (Å²) < 4.78 is 6.25. The fourth-order valence-electron chi connectivity index (χ4n) is 6.66. The zero-order chi connectivity index (χ0) is 26.6. The van der Waals surface area contributed by atoms with Crippen molar-refractivity contribution < 1.29 is 24.2 Å². The van der Waals surface area contributed by atoms with E-state index in [0.29, 0.717) is 13.0 Å². The number of nitrogens with one attached hydrogen (secondary N) is 1. The maximum absolute atomic E-state index is 13.5. The lowest BCUT2D eigenvalue weighted by molar-refractivity contribution is -0.141. The van der Waals surface area contributed by atoms with Crippen molar-refractivity contribution in [3.05, 3.63) is 12.2 Å². The number of hydrogen-bond acceptors (Lipinski definition) is 4. The molecule has 2 aliphatic carbocycles. The molecule has 3 fully saturated rings. The second kappa shape index (κ2) is 12.1. The highest BCUT2D eigenvalue weighted by atomic mass is 16.5.